The molecule has 28 heavy (non-hydrogen) atoms. The van der Waals surface area contributed by atoms with E-state index in [1.807, 2.05) is 17.0 Å². The van der Waals surface area contributed by atoms with Crippen molar-refractivity contribution >= 4 is 28.4 Å². The Balaban J connectivity index is 1.41. The maximum Gasteiger partial charge on any atom is 0.451 e. The lowest BCUT2D eigenvalue weighted by Crippen LogP contribution is -2.47. The average molecular weight is 390 g/mol. The van der Waals surface area contributed by atoms with Gasteiger partial charge in [-0.25, -0.2) is 15.0 Å². The van der Waals surface area contributed by atoms with Gasteiger partial charge in [0.15, 0.2) is 17.1 Å². The molecule has 1 fully saturated rings. The molecule has 1 N–H and O–H groups in total. The van der Waals surface area contributed by atoms with Crippen LogP contribution < -0.4 is 9.80 Å². The van der Waals surface area contributed by atoms with E-state index in [9.17, 15) is 13.2 Å². The van der Waals surface area contributed by atoms with Gasteiger partial charge in [0.25, 0.3) is 0 Å². The Bertz CT molecular complexity index is 1140. The summed E-state index contributed by atoms with van der Waals surface area (Å²) in [4.78, 5) is 17.8. The lowest BCUT2D eigenvalue weighted by Gasteiger charge is -2.36. The van der Waals surface area contributed by atoms with E-state index in [1.165, 1.54) is 12.7 Å². The lowest BCUT2D eigenvalue weighted by atomic mass is 10.3. The topological polar surface area (TPSA) is 104 Å². The van der Waals surface area contributed by atoms with Crippen LogP contribution in [0.1, 0.15) is 5.82 Å². The van der Waals surface area contributed by atoms with Gasteiger partial charge in [0.05, 0.1) is 6.33 Å². The second kappa shape index (κ2) is 6.00. The first-order valence-electron chi connectivity index (χ1n) is 8.44. The van der Waals surface area contributed by atoms with Crippen molar-refractivity contribution in [2.45, 2.75) is 6.18 Å². The summed E-state index contributed by atoms with van der Waals surface area (Å²) in [6, 6.07) is 3.66. The van der Waals surface area contributed by atoms with Gasteiger partial charge in [-0.15, -0.1) is 15.3 Å². The zero-order chi connectivity index (χ0) is 19.3. The monoisotopic (exact) mass is 390 g/mol. The number of anilines is 2. The van der Waals surface area contributed by atoms with Crippen LogP contribution in [0.2, 0.25) is 0 Å². The van der Waals surface area contributed by atoms with Crippen LogP contribution in [0.15, 0.2) is 24.8 Å². The Hall–Kier alpha value is -3.51. The van der Waals surface area contributed by atoms with E-state index in [-0.39, 0.29) is 11.5 Å². The van der Waals surface area contributed by atoms with Crippen LogP contribution in [0.3, 0.4) is 0 Å². The number of fused-ring (bicyclic) bond motifs is 2. The standard InChI is InChI=1S/C15H13F3N10/c16-15(17,18)14-22-12-11(19-7-20-12)13(23-14)27-5-3-26(4-6-27)10-2-1-9-24-21-8-28(9)25-10/h1-2,7-8H,3-6H2,(H,19,20,22,23). The van der Waals surface area contributed by atoms with Gasteiger partial charge in [-0.1, -0.05) is 0 Å². The van der Waals surface area contributed by atoms with Crippen LogP contribution in [0, 0.1) is 0 Å². The molecule has 0 aliphatic carbocycles. The number of rotatable bonds is 2. The third-order valence-electron chi connectivity index (χ3n) is 4.57. The van der Waals surface area contributed by atoms with Gasteiger partial charge in [-0.3, -0.25) is 0 Å². The summed E-state index contributed by atoms with van der Waals surface area (Å²) in [6.45, 7) is 2.10. The van der Waals surface area contributed by atoms with Crippen molar-refractivity contribution in [1.82, 2.24) is 39.7 Å². The summed E-state index contributed by atoms with van der Waals surface area (Å²) in [7, 11) is 0. The van der Waals surface area contributed by atoms with Crippen LogP contribution in [0.5, 0.6) is 0 Å². The molecule has 0 spiro atoms. The zero-order valence-corrected chi connectivity index (χ0v) is 14.3. The Morgan fingerprint density at radius 2 is 1.79 bits per heavy atom. The molecule has 4 aromatic heterocycles. The van der Waals surface area contributed by atoms with Crippen LogP contribution >= 0.6 is 0 Å². The molecule has 10 nitrogen and oxygen atoms in total. The molecule has 1 saturated heterocycles. The number of hydrogen-bond donors (Lipinski definition) is 1. The fourth-order valence-electron chi connectivity index (χ4n) is 3.21. The molecule has 0 aromatic carbocycles. The maximum absolute atomic E-state index is 13.1. The van der Waals surface area contributed by atoms with Gasteiger partial charge in [0, 0.05) is 26.2 Å². The number of aromatic amines is 1. The van der Waals surface area contributed by atoms with Crippen molar-refractivity contribution in [2.75, 3.05) is 36.0 Å². The minimum absolute atomic E-state index is 0.000481. The lowest BCUT2D eigenvalue weighted by molar-refractivity contribution is -0.144. The normalized spacial score (nSPS) is 15.7. The molecule has 0 radical (unpaired) electrons. The summed E-state index contributed by atoms with van der Waals surface area (Å²) in [5.74, 6) is -0.238. The molecule has 0 saturated carbocycles. The molecule has 1 aliphatic heterocycles. The third kappa shape index (κ3) is 2.75. The van der Waals surface area contributed by atoms with E-state index in [0.717, 1.165) is 5.82 Å². The number of H-pyrrole nitrogens is 1. The second-order valence-electron chi connectivity index (χ2n) is 6.27. The molecule has 5 heterocycles. The van der Waals surface area contributed by atoms with Gasteiger partial charge in [0.1, 0.15) is 17.7 Å². The number of hydrogen-bond acceptors (Lipinski definition) is 8. The van der Waals surface area contributed by atoms with E-state index >= 15 is 0 Å². The maximum atomic E-state index is 13.1. The van der Waals surface area contributed by atoms with Crippen LogP contribution in [-0.2, 0) is 6.18 Å². The molecule has 0 bridgehead atoms. The Morgan fingerprint density at radius 3 is 2.57 bits per heavy atom. The summed E-state index contributed by atoms with van der Waals surface area (Å²) in [5, 5.41) is 12.2. The SMILES string of the molecule is FC(F)(F)c1nc(N2CCN(c3ccc4nncn4n3)CC2)c2[nH]cnc2n1. The van der Waals surface area contributed by atoms with Gasteiger partial charge >= 0.3 is 6.18 Å². The number of nitrogens with zero attached hydrogens (tertiary/aromatic N) is 9. The first-order chi connectivity index (χ1) is 13.5. The number of nitrogens with one attached hydrogen (secondary N) is 1. The molecule has 5 rings (SSSR count). The van der Waals surface area contributed by atoms with Crippen molar-refractivity contribution in [3.05, 3.63) is 30.6 Å². The predicted octanol–water partition coefficient (Wildman–Crippen LogP) is 1.14. The smallest absolute Gasteiger partial charge is 0.352 e. The molecule has 4 aromatic rings. The third-order valence-corrected chi connectivity index (χ3v) is 4.57. The molecular formula is C15H13F3N10. The first-order valence-corrected chi connectivity index (χ1v) is 8.44. The highest BCUT2D eigenvalue weighted by atomic mass is 19.4. The van der Waals surface area contributed by atoms with Crippen molar-refractivity contribution in [2.24, 2.45) is 0 Å². The molecule has 0 unspecified atom stereocenters. The molecule has 1 aliphatic rings. The largest absolute Gasteiger partial charge is 0.451 e. The highest BCUT2D eigenvalue weighted by molar-refractivity contribution is 5.83. The van der Waals surface area contributed by atoms with Crippen molar-refractivity contribution in [3.8, 4) is 0 Å². The quantitative estimate of drug-likeness (QED) is 0.543. The van der Waals surface area contributed by atoms with Gasteiger partial charge in [-0.05, 0) is 12.1 Å². The molecular weight excluding hydrogens is 377 g/mol. The summed E-state index contributed by atoms with van der Waals surface area (Å²) in [5.41, 5.74) is 1.04. The molecule has 144 valence electrons. The highest BCUT2D eigenvalue weighted by Crippen LogP contribution is 2.31. The predicted molar refractivity (Wildman–Crippen MR) is 91.9 cm³/mol. The minimum atomic E-state index is -4.64. The number of piperazine rings is 1. The van der Waals surface area contributed by atoms with E-state index in [1.54, 1.807) is 9.42 Å². The Kier molecular flexibility index (Phi) is 3.57. The Labute approximate surface area is 155 Å². The Morgan fingerprint density at radius 1 is 1.00 bits per heavy atom. The van der Waals surface area contributed by atoms with E-state index in [4.69, 9.17) is 0 Å². The van der Waals surface area contributed by atoms with Crippen LogP contribution in [0.25, 0.3) is 16.8 Å². The molecule has 13 heteroatoms. The van der Waals surface area contributed by atoms with Gasteiger partial charge < -0.3 is 14.8 Å². The van der Waals surface area contributed by atoms with Crippen molar-refractivity contribution < 1.29 is 13.2 Å². The molecule has 0 atom stereocenters. The summed E-state index contributed by atoms with van der Waals surface area (Å²) >= 11 is 0. The average Bonchev–Trinajstić information content (AvgIpc) is 3.35. The number of imidazole rings is 1. The zero-order valence-electron chi connectivity index (χ0n) is 14.3. The summed E-state index contributed by atoms with van der Waals surface area (Å²) in [6.07, 6.45) is -1.80. The van der Waals surface area contributed by atoms with Crippen molar-refractivity contribution in [1.29, 1.82) is 0 Å². The van der Waals surface area contributed by atoms with E-state index in [2.05, 4.69) is 35.2 Å². The second-order valence-corrected chi connectivity index (χ2v) is 6.27. The minimum Gasteiger partial charge on any atom is -0.352 e. The highest BCUT2D eigenvalue weighted by Gasteiger charge is 2.37. The van der Waals surface area contributed by atoms with E-state index in [0.29, 0.717) is 37.3 Å². The first kappa shape index (κ1) is 16.6. The van der Waals surface area contributed by atoms with Crippen LogP contribution in [0.4, 0.5) is 24.8 Å². The number of alkyl halides is 3. The van der Waals surface area contributed by atoms with Crippen molar-refractivity contribution in [3.63, 3.8) is 0 Å². The number of halogens is 3. The van der Waals surface area contributed by atoms with Crippen LogP contribution in [-0.4, -0.2) is 65.9 Å². The number of aromatic nitrogens is 8. The van der Waals surface area contributed by atoms with Gasteiger partial charge in [-0.2, -0.15) is 17.7 Å². The van der Waals surface area contributed by atoms with E-state index < -0.39 is 12.0 Å². The van der Waals surface area contributed by atoms with Gasteiger partial charge in [0.2, 0.25) is 5.82 Å². The molecule has 0 amide bonds. The fraction of sp³-hybridized carbons (Fsp3) is 0.333. The fourth-order valence-corrected chi connectivity index (χ4v) is 3.21. The summed E-state index contributed by atoms with van der Waals surface area (Å²) < 4.78 is 41.0.